The van der Waals surface area contributed by atoms with Gasteiger partial charge in [0, 0.05) is 31.3 Å². The fourth-order valence-corrected chi connectivity index (χ4v) is 4.50. The van der Waals surface area contributed by atoms with Gasteiger partial charge in [-0.1, -0.05) is 42.5 Å². The highest BCUT2D eigenvalue weighted by Gasteiger charge is 2.31. The van der Waals surface area contributed by atoms with Crippen molar-refractivity contribution in [1.82, 2.24) is 9.80 Å². The number of aliphatic hydroxyl groups excluding tert-OH is 1. The molecule has 0 amide bonds. The van der Waals surface area contributed by atoms with Crippen LogP contribution < -0.4 is 0 Å². The summed E-state index contributed by atoms with van der Waals surface area (Å²) < 4.78 is 0. The predicted octanol–water partition coefficient (Wildman–Crippen LogP) is 3.36. The van der Waals surface area contributed by atoms with E-state index in [4.69, 9.17) is 0 Å². The van der Waals surface area contributed by atoms with E-state index in [9.17, 15) is 15.2 Å². The Morgan fingerprint density at radius 3 is 2.54 bits per heavy atom. The SMILES string of the molecule is O=[N+]([O-])c1ccccc1CCN1CCC(CN2Cc3ccccc3C2O)CC1. The smallest absolute Gasteiger partial charge is 0.272 e. The van der Waals surface area contributed by atoms with Crippen LogP contribution in [0.5, 0.6) is 0 Å². The molecule has 1 atom stereocenters. The molecule has 0 saturated carbocycles. The van der Waals surface area contributed by atoms with Crippen LogP contribution in [0, 0.1) is 16.0 Å². The maximum atomic E-state index is 11.2. The maximum Gasteiger partial charge on any atom is 0.272 e. The molecule has 4 rings (SSSR count). The van der Waals surface area contributed by atoms with Crippen molar-refractivity contribution in [3.8, 4) is 0 Å². The second-order valence-electron chi connectivity index (χ2n) is 7.92. The summed E-state index contributed by atoms with van der Waals surface area (Å²) in [5.41, 5.74) is 3.31. The van der Waals surface area contributed by atoms with Gasteiger partial charge in [-0.3, -0.25) is 15.0 Å². The molecule has 148 valence electrons. The molecule has 2 heterocycles. The van der Waals surface area contributed by atoms with Gasteiger partial charge in [-0.05, 0) is 49.4 Å². The minimum absolute atomic E-state index is 0.222. The molecule has 28 heavy (non-hydrogen) atoms. The number of likely N-dealkylation sites (tertiary alicyclic amines) is 1. The Morgan fingerprint density at radius 2 is 1.79 bits per heavy atom. The molecule has 6 heteroatoms. The first-order chi connectivity index (χ1) is 13.6. The molecule has 2 aromatic rings. The van der Waals surface area contributed by atoms with Gasteiger partial charge in [-0.2, -0.15) is 0 Å². The molecule has 0 radical (unpaired) electrons. The molecule has 2 aliphatic heterocycles. The summed E-state index contributed by atoms with van der Waals surface area (Å²) in [6.07, 6.45) is 2.45. The largest absolute Gasteiger partial charge is 0.374 e. The van der Waals surface area contributed by atoms with E-state index in [0.29, 0.717) is 12.3 Å². The number of para-hydroxylation sites is 1. The summed E-state index contributed by atoms with van der Waals surface area (Å²) in [6.45, 7) is 4.64. The highest BCUT2D eigenvalue weighted by Crippen LogP contribution is 2.33. The van der Waals surface area contributed by atoms with E-state index in [2.05, 4.69) is 15.9 Å². The minimum atomic E-state index is -0.479. The predicted molar refractivity (Wildman–Crippen MR) is 108 cm³/mol. The average molecular weight is 381 g/mol. The molecule has 0 aliphatic carbocycles. The van der Waals surface area contributed by atoms with Crippen LogP contribution in [0.1, 0.15) is 35.8 Å². The average Bonchev–Trinajstić information content (AvgIpc) is 3.03. The zero-order chi connectivity index (χ0) is 19.5. The third kappa shape index (κ3) is 4.09. The number of aliphatic hydroxyl groups is 1. The molecular weight excluding hydrogens is 354 g/mol. The van der Waals surface area contributed by atoms with Crippen molar-refractivity contribution in [2.24, 2.45) is 5.92 Å². The van der Waals surface area contributed by atoms with Gasteiger partial charge in [-0.15, -0.1) is 0 Å². The van der Waals surface area contributed by atoms with Gasteiger partial charge in [0.25, 0.3) is 5.69 Å². The monoisotopic (exact) mass is 381 g/mol. The molecule has 1 saturated heterocycles. The molecule has 2 aliphatic rings. The van der Waals surface area contributed by atoms with E-state index in [1.54, 1.807) is 12.1 Å². The quantitative estimate of drug-likeness (QED) is 0.614. The highest BCUT2D eigenvalue weighted by molar-refractivity contribution is 5.39. The number of hydrogen-bond acceptors (Lipinski definition) is 5. The number of rotatable bonds is 6. The Hall–Kier alpha value is -2.28. The van der Waals surface area contributed by atoms with Crippen LogP contribution in [0.15, 0.2) is 48.5 Å². The van der Waals surface area contributed by atoms with E-state index in [1.807, 2.05) is 30.3 Å². The topological polar surface area (TPSA) is 69.9 Å². The summed E-state index contributed by atoms with van der Waals surface area (Å²) >= 11 is 0. The van der Waals surface area contributed by atoms with Gasteiger partial charge >= 0.3 is 0 Å². The van der Waals surface area contributed by atoms with E-state index in [1.165, 1.54) is 5.56 Å². The van der Waals surface area contributed by atoms with Crippen LogP contribution >= 0.6 is 0 Å². The van der Waals surface area contributed by atoms with Crippen molar-refractivity contribution in [3.63, 3.8) is 0 Å². The van der Waals surface area contributed by atoms with E-state index in [-0.39, 0.29) is 10.6 Å². The first kappa shape index (κ1) is 19.1. The Labute approximate surface area is 165 Å². The summed E-state index contributed by atoms with van der Waals surface area (Å²) in [5.74, 6) is 0.589. The van der Waals surface area contributed by atoms with E-state index < -0.39 is 6.23 Å². The van der Waals surface area contributed by atoms with Crippen LogP contribution in [0.3, 0.4) is 0 Å². The highest BCUT2D eigenvalue weighted by atomic mass is 16.6. The fraction of sp³-hybridized carbons (Fsp3) is 0.455. The minimum Gasteiger partial charge on any atom is -0.374 e. The molecular formula is C22H27N3O3. The van der Waals surface area contributed by atoms with Crippen LogP contribution in [-0.4, -0.2) is 46.0 Å². The molecule has 0 spiro atoms. The van der Waals surface area contributed by atoms with Crippen LogP contribution in [0.25, 0.3) is 0 Å². The normalized spacial score (nSPS) is 21.0. The zero-order valence-corrected chi connectivity index (χ0v) is 16.0. The summed E-state index contributed by atoms with van der Waals surface area (Å²) in [5, 5.41) is 21.7. The third-order valence-electron chi connectivity index (χ3n) is 6.14. The van der Waals surface area contributed by atoms with Gasteiger partial charge < -0.3 is 10.0 Å². The molecule has 1 fully saturated rings. The van der Waals surface area contributed by atoms with Gasteiger partial charge in [0.05, 0.1) is 4.92 Å². The summed E-state index contributed by atoms with van der Waals surface area (Å²) in [4.78, 5) is 15.4. The van der Waals surface area contributed by atoms with Gasteiger partial charge in [0.2, 0.25) is 0 Å². The van der Waals surface area contributed by atoms with Crippen molar-refractivity contribution in [1.29, 1.82) is 0 Å². The Morgan fingerprint density at radius 1 is 1.07 bits per heavy atom. The zero-order valence-electron chi connectivity index (χ0n) is 16.0. The lowest BCUT2D eigenvalue weighted by Gasteiger charge is -2.34. The van der Waals surface area contributed by atoms with E-state index >= 15 is 0 Å². The maximum absolute atomic E-state index is 11.2. The second-order valence-corrected chi connectivity index (χ2v) is 7.92. The molecule has 6 nitrogen and oxygen atoms in total. The van der Waals surface area contributed by atoms with Crippen LogP contribution in [-0.2, 0) is 13.0 Å². The van der Waals surface area contributed by atoms with Gasteiger partial charge in [0.15, 0.2) is 0 Å². The van der Waals surface area contributed by atoms with Gasteiger partial charge in [0.1, 0.15) is 6.23 Å². The molecule has 1 N–H and O–H groups in total. The number of piperidine rings is 1. The van der Waals surface area contributed by atoms with Crippen molar-refractivity contribution in [2.75, 3.05) is 26.2 Å². The van der Waals surface area contributed by atoms with Crippen LogP contribution in [0.4, 0.5) is 5.69 Å². The Kier molecular flexibility index (Phi) is 5.71. The third-order valence-corrected chi connectivity index (χ3v) is 6.14. The summed E-state index contributed by atoms with van der Waals surface area (Å²) in [6, 6.07) is 15.2. The first-order valence-corrected chi connectivity index (χ1v) is 10.1. The standard InChI is InChI=1S/C22H27N3O3/c26-22-20-7-3-1-6-19(20)16-24(22)15-17-9-12-23(13-10-17)14-11-18-5-2-4-8-21(18)25(27)28/h1-8,17,22,26H,9-16H2. The molecule has 0 aromatic heterocycles. The van der Waals surface area contributed by atoms with Crippen molar-refractivity contribution < 1.29 is 10.0 Å². The van der Waals surface area contributed by atoms with Crippen LogP contribution in [0.2, 0.25) is 0 Å². The number of nitro benzene ring substituents is 1. The molecule has 0 bridgehead atoms. The number of fused-ring (bicyclic) bond motifs is 1. The fourth-order valence-electron chi connectivity index (χ4n) is 4.50. The number of hydrogen-bond donors (Lipinski definition) is 1. The lowest BCUT2D eigenvalue weighted by molar-refractivity contribution is -0.385. The number of nitrogens with zero attached hydrogens (tertiary/aromatic N) is 3. The van der Waals surface area contributed by atoms with Crippen molar-refractivity contribution in [3.05, 3.63) is 75.3 Å². The Bertz CT molecular complexity index is 833. The number of nitro groups is 1. The molecule has 2 aromatic carbocycles. The number of benzene rings is 2. The lowest BCUT2D eigenvalue weighted by Crippen LogP contribution is -2.39. The van der Waals surface area contributed by atoms with Crippen molar-refractivity contribution in [2.45, 2.75) is 32.0 Å². The van der Waals surface area contributed by atoms with E-state index in [0.717, 1.165) is 56.7 Å². The molecule has 1 unspecified atom stereocenters. The first-order valence-electron chi connectivity index (χ1n) is 10.1. The lowest BCUT2D eigenvalue weighted by atomic mass is 9.95. The van der Waals surface area contributed by atoms with Gasteiger partial charge in [-0.25, -0.2) is 0 Å². The Balaban J connectivity index is 1.25. The van der Waals surface area contributed by atoms with Crippen molar-refractivity contribution >= 4 is 5.69 Å². The summed E-state index contributed by atoms with van der Waals surface area (Å²) in [7, 11) is 0. The second kappa shape index (κ2) is 8.39.